The van der Waals surface area contributed by atoms with E-state index >= 15 is 0 Å². The third kappa shape index (κ3) is 33.0. The Morgan fingerprint density at radius 1 is 0.417 bits per heavy atom. The first-order valence-electron chi connectivity index (χ1n) is 39.9. The molecule has 0 atom stereocenters. The molecule has 5 fully saturated rings. The third-order valence-corrected chi connectivity index (χ3v) is 32.3. The Labute approximate surface area is 749 Å². The summed E-state index contributed by atoms with van der Waals surface area (Å²) in [6.07, 6.45) is 11.8. The summed E-state index contributed by atoms with van der Waals surface area (Å²) in [7, 11) is 19.3. The van der Waals surface area contributed by atoms with Crippen LogP contribution in [0.3, 0.4) is 0 Å². The van der Waals surface area contributed by atoms with Crippen LogP contribution < -0.4 is 19.6 Å². The van der Waals surface area contributed by atoms with Crippen LogP contribution in [0.5, 0.6) is 0 Å². The first-order valence-corrected chi connectivity index (χ1v) is 57.6. The van der Waals surface area contributed by atoms with Crippen molar-refractivity contribution in [1.29, 1.82) is 0 Å². The van der Waals surface area contributed by atoms with Crippen LogP contribution in [-0.4, -0.2) is 90.5 Å². The van der Waals surface area contributed by atoms with E-state index in [1.54, 1.807) is 96.3 Å². The Balaban J connectivity index is 0.000000225. The van der Waals surface area contributed by atoms with Gasteiger partial charge < -0.3 is 19.6 Å². The quantitative estimate of drug-likeness (QED) is 0.0409. The monoisotopic (exact) mass is 2050 g/mol. The molecule has 674 valence electrons. The van der Waals surface area contributed by atoms with Crippen molar-refractivity contribution < 1.29 is 98.5 Å². The van der Waals surface area contributed by atoms with E-state index in [9.17, 15) is 56.3 Å². The van der Waals surface area contributed by atoms with E-state index in [4.69, 9.17) is 38.8 Å². The SMILES string of the molecule is C1CCC([PH+](C2CCCCC2)C2CCCCC2)CC1.C=CN(Cc1cc(C(F)(F)F)cc(C(F)(F)F)c1)S(C)(=O)=O.Cc1cc(C)c(N2[CH-]N(c3c(C)cc(C)cc3C)CC2)c(C)c1.Cc1cc(C)c(N2[CH-]N(c3c(C)cc(C)cc3C)CC2)c(C)c1.Cc1cc(CN([CH]=[Ru]([Cl])[Cl])S(C)(=O)=O)cc(C(F)(F)F)c1.[Cl][Cu].[Cl][Ru]([Cl])=[CH]c1ccccc1. The molecule has 0 radical (unpaired) electrons. The summed E-state index contributed by atoms with van der Waals surface area (Å²) in [6, 6.07) is 32.4. The first kappa shape index (κ1) is 105. The van der Waals surface area contributed by atoms with Crippen LogP contribution >= 0.6 is 56.8 Å². The Bertz CT molecular complexity index is 4410. The molecule has 0 aromatic heterocycles. The van der Waals surface area contributed by atoms with Crippen molar-refractivity contribution in [3.05, 3.63) is 247 Å². The Morgan fingerprint density at radius 3 is 0.942 bits per heavy atom. The van der Waals surface area contributed by atoms with Crippen LogP contribution in [0, 0.1) is 103 Å². The molecule has 3 saturated carbocycles. The summed E-state index contributed by atoms with van der Waals surface area (Å²) < 4.78 is 165. The second kappa shape index (κ2) is 48.2. The van der Waals surface area contributed by atoms with Crippen LogP contribution in [0.2, 0.25) is 0 Å². The molecule has 10 nitrogen and oxygen atoms in total. The number of hydrogen-bond acceptors (Lipinski definition) is 8. The minimum atomic E-state index is -4.99. The number of aryl methyl sites for hydroxylation is 13. The third-order valence-electron chi connectivity index (χ3n) is 21.7. The Hall–Kier alpha value is -4.10. The maximum absolute atomic E-state index is 12.8. The minimum absolute atomic E-state index is 0.0256. The van der Waals surface area contributed by atoms with Gasteiger partial charge in [0.15, 0.2) is 0 Å². The molecule has 120 heavy (non-hydrogen) atoms. The molecule has 0 bridgehead atoms. The Morgan fingerprint density at radius 2 is 0.683 bits per heavy atom. The van der Waals surface area contributed by atoms with Gasteiger partial charge in [-0.15, -0.1) is 0 Å². The molecular weight excluding hydrogens is 1940 g/mol. The normalized spacial score (nSPS) is 15.9. The molecule has 7 aromatic rings. The van der Waals surface area contributed by atoms with E-state index in [1.165, 1.54) is 124 Å². The van der Waals surface area contributed by atoms with E-state index in [0.29, 0.717) is 22.0 Å². The molecule has 2 aliphatic heterocycles. The maximum atomic E-state index is 12.8. The fraction of sp³-hybridized carbons (Fsp3) is 0.467. The molecule has 2 saturated heterocycles. The standard InChI is InChI=1S/2C21H27N2.C18H33P.C12H11F6NO2S.C11H12F3NO2S.C7H6.5ClH.Cu.2Ru/c2*1-14-9-16(3)20(17(4)10-14)22-7-8-23(13-22)21-18(5)11-15(2)12-19(21)6;1-4-10-16(11-5-1)19(17-12-6-2-7-13-17)18-14-8-3-9-15-18;1-3-19(22(2,20)21)7-8-4-9(11(13,14)15)6-10(5-8)12(16,17)18;1-8-4-9(7-15(2)18(3,16)17)6-10(5-8)11(12,13)14;1-7-5-3-2-4-6-7;;;;;;;;/h2*9-13H,7-8H2,1-6H3;16-18H,1-15H2;3-6H,1,7H2,2H3;2,4-6H,7H2,1,3H3;1-6H;5*1H;;;/q2*-1;;;;;;;;;;+1;2*+2/p-4. The Kier molecular flexibility index (Phi) is 42.0. The number of hydrogen-bond donors (Lipinski definition) is 0. The van der Waals surface area contributed by atoms with Gasteiger partial charge in [0, 0.05) is 63.1 Å². The van der Waals surface area contributed by atoms with Crippen molar-refractivity contribution in [2.24, 2.45) is 0 Å². The molecule has 0 unspecified atom stereocenters. The number of halogens is 14. The second-order valence-electron chi connectivity index (χ2n) is 31.9. The van der Waals surface area contributed by atoms with Gasteiger partial charge in [-0.1, -0.05) is 96.6 Å². The van der Waals surface area contributed by atoms with Gasteiger partial charge >= 0.3 is 245 Å². The van der Waals surface area contributed by atoms with Gasteiger partial charge in [-0.2, -0.15) is 39.7 Å². The van der Waals surface area contributed by atoms with Crippen LogP contribution in [-0.2, 0) is 93.8 Å². The number of nitrogens with zero attached hydrogens (tertiary/aromatic N) is 6. The van der Waals surface area contributed by atoms with Gasteiger partial charge in [0.2, 0.25) is 10.0 Å². The van der Waals surface area contributed by atoms with Crippen LogP contribution in [0.1, 0.15) is 202 Å². The summed E-state index contributed by atoms with van der Waals surface area (Å²) in [4.78, 5) is 9.62. The number of sulfonamides is 2. The summed E-state index contributed by atoms with van der Waals surface area (Å²) in [5.41, 5.74) is 22.8. The fourth-order valence-electron chi connectivity index (χ4n) is 17.3. The van der Waals surface area contributed by atoms with E-state index in [1.807, 2.05) is 34.9 Å². The van der Waals surface area contributed by atoms with Crippen molar-refractivity contribution in [2.45, 2.75) is 235 Å². The fourth-order valence-corrected chi connectivity index (χ4v) is 29.0. The zero-order chi connectivity index (χ0) is 89.5. The average Bonchev–Trinajstić information content (AvgIpc) is 1.65. The topological polar surface area (TPSA) is 87.7 Å². The van der Waals surface area contributed by atoms with Crippen LogP contribution in [0.25, 0.3) is 0 Å². The zero-order valence-corrected chi connectivity index (χ0v) is 81.9. The number of benzene rings is 7. The van der Waals surface area contributed by atoms with Crippen molar-refractivity contribution in [3.8, 4) is 0 Å². The molecule has 2 heterocycles. The molecule has 30 heteroatoms. The van der Waals surface area contributed by atoms with Crippen molar-refractivity contribution in [1.82, 2.24) is 8.61 Å². The second-order valence-corrected chi connectivity index (χ2v) is 50.6. The first-order chi connectivity index (χ1) is 56.1. The van der Waals surface area contributed by atoms with E-state index in [-0.39, 0.29) is 26.1 Å². The van der Waals surface area contributed by atoms with Gasteiger partial charge in [0.25, 0.3) is 0 Å². The summed E-state index contributed by atoms with van der Waals surface area (Å²) >= 11 is -0.380. The van der Waals surface area contributed by atoms with E-state index in [0.717, 1.165) is 66.9 Å². The van der Waals surface area contributed by atoms with Gasteiger partial charge in [0.05, 0.1) is 40.9 Å². The molecule has 5 aliphatic rings. The van der Waals surface area contributed by atoms with Gasteiger partial charge in [-0.3, -0.25) is 4.31 Å². The number of rotatable bonds is 16. The zero-order valence-electron chi connectivity index (χ0n) is 71.1. The van der Waals surface area contributed by atoms with E-state index in [2.05, 4.69) is 196 Å². The number of alkyl halides is 9. The molecule has 3 aliphatic carbocycles. The summed E-state index contributed by atoms with van der Waals surface area (Å²) in [5.74, 6) is 0. The number of anilines is 4. The van der Waals surface area contributed by atoms with Crippen LogP contribution in [0.4, 0.5) is 62.3 Å². The van der Waals surface area contributed by atoms with Crippen molar-refractivity contribution >= 4 is 109 Å². The molecule has 12 rings (SSSR count). The summed E-state index contributed by atoms with van der Waals surface area (Å²) in [5, 5.41) is 0. The van der Waals surface area contributed by atoms with Gasteiger partial charge in [-0.25, -0.2) is 8.42 Å². The van der Waals surface area contributed by atoms with Crippen LogP contribution in [0.15, 0.2) is 128 Å². The molecular formula is C90H117Cl5CuF9N6O4PRu2S2-. The van der Waals surface area contributed by atoms with E-state index < -0.39 is 94.4 Å². The van der Waals surface area contributed by atoms with Crippen molar-refractivity contribution in [3.63, 3.8) is 0 Å². The molecule has 0 spiro atoms. The average molecular weight is 2060 g/mol. The molecule has 7 aromatic carbocycles. The predicted octanol–water partition coefficient (Wildman–Crippen LogP) is 26.7. The molecule has 0 amide bonds. The predicted molar refractivity (Wildman–Crippen MR) is 480 cm³/mol. The van der Waals surface area contributed by atoms with Gasteiger partial charge in [-0.05, 0) is 228 Å². The van der Waals surface area contributed by atoms with Gasteiger partial charge in [0.1, 0.15) is 0 Å². The van der Waals surface area contributed by atoms with Crippen molar-refractivity contribution in [2.75, 3.05) is 58.3 Å². The molecule has 0 N–H and O–H groups in total. The summed E-state index contributed by atoms with van der Waals surface area (Å²) in [6.45, 7) is 38.9.